The Morgan fingerprint density at radius 1 is 1.53 bits per heavy atom. The normalized spacial score (nSPS) is 22.9. The van der Waals surface area contributed by atoms with E-state index in [2.05, 4.69) is 11.9 Å². The van der Waals surface area contributed by atoms with Gasteiger partial charge < -0.3 is 15.3 Å². The smallest absolute Gasteiger partial charge is 0.317 e. The summed E-state index contributed by atoms with van der Waals surface area (Å²) in [6, 6.07) is -0.275. The Kier molecular flexibility index (Phi) is 5.66. The van der Waals surface area contributed by atoms with E-state index in [0.717, 1.165) is 6.42 Å². The maximum absolute atomic E-state index is 11.9. The molecule has 1 saturated heterocycles. The Morgan fingerprint density at radius 2 is 2.21 bits per heavy atom. The van der Waals surface area contributed by atoms with E-state index in [1.165, 1.54) is 0 Å². The molecule has 2 amide bonds. The van der Waals surface area contributed by atoms with Crippen LogP contribution in [-0.4, -0.2) is 41.6 Å². The number of likely N-dealkylation sites (tertiary alicyclic amines) is 1. The topological polar surface area (TPSA) is 69.6 Å². The van der Waals surface area contributed by atoms with Gasteiger partial charge in [0.15, 0.2) is 0 Å². The van der Waals surface area contributed by atoms with E-state index >= 15 is 0 Å². The number of carbonyl (C=O) groups excluding carboxylic acids is 1. The van der Waals surface area contributed by atoms with Crippen molar-refractivity contribution in [1.29, 1.82) is 0 Å². The van der Waals surface area contributed by atoms with Crippen molar-refractivity contribution in [1.82, 2.24) is 10.2 Å². The number of rotatable bonds is 5. The van der Waals surface area contributed by atoms with Crippen LogP contribution in [0.1, 0.15) is 32.6 Å². The summed E-state index contributed by atoms with van der Waals surface area (Å²) >= 11 is 5.60. The molecule has 1 unspecified atom stereocenters. The van der Waals surface area contributed by atoms with Crippen LogP contribution < -0.4 is 5.32 Å². The van der Waals surface area contributed by atoms with E-state index in [0.29, 0.717) is 30.8 Å². The minimum Gasteiger partial charge on any atom is -0.481 e. The van der Waals surface area contributed by atoms with Crippen LogP contribution in [0.15, 0.2) is 11.6 Å². The van der Waals surface area contributed by atoms with Gasteiger partial charge in [-0.25, -0.2) is 4.79 Å². The van der Waals surface area contributed by atoms with Gasteiger partial charge in [-0.15, -0.1) is 0 Å². The molecule has 1 rings (SSSR count). The molecule has 108 valence electrons. The van der Waals surface area contributed by atoms with Crippen LogP contribution in [0.5, 0.6) is 0 Å². The molecule has 1 heterocycles. The van der Waals surface area contributed by atoms with E-state index in [4.69, 9.17) is 11.6 Å². The molecule has 19 heavy (non-hydrogen) atoms. The van der Waals surface area contributed by atoms with Crippen LogP contribution in [0.3, 0.4) is 0 Å². The first-order valence-electron chi connectivity index (χ1n) is 6.51. The fourth-order valence-electron chi connectivity index (χ4n) is 2.55. The number of carboxylic acid groups (broad SMARTS) is 1. The minimum absolute atomic E-state index is 0.199. The summed E-state index contributed by atoms with van der Waals surface area (Å²) in [5.74, 6) is -0.811. The van der Waals surface area contributed by atoms with Crippen molar-refractivity contribution < 1.29 is 14.7 Å². The van der Waals surface area contributed by atoms with Gasteiger partial charge in [-0.2, -0.15) is 0 Å². The van der Waals surface area contributed by atoms with Crippen molar-refractivity contribution in [2.24, 2.45) is 5.41 Å². The molecule has 1 fully saturated rings. The van der Waals surface area contributed by atoms with Gasteiger partial charge in [-0.05, 0) is 19.3 Å². The van der Waals surface area contributed by atoms with Gasteiger partial charge in [0.05, 0.1) is 12.0 Å². The van der Waals surface area contributed by atoms with E-state index in [1.807, 2.05) is 6.92 Å². The summed E-state index contributed by atoms with van der Waals surface area (Å²) < 4.78 is 0. The predicted molar refractivity (Wildman–Crippen MR) is 74.2 cm³/mol. The molecule has 0 radical (unpaired) electrons. The van der Waals surface area contributed by atoms with Gasteiger partial charge in [0, 0.05) is 18.1 Å². The molecule has 0 aromatic rings. The first-order valence-corrected chi connectivity index (χ1v) is 6.88. The van der Waals surface area contributed by atoms with Gasteiger partial charge in [0.2, 0.25) is 0 Å². The molecule has 2 N–H and O–H groups in total. The van der Waals surface area contributed by atoms with Gasteiger partial charge >= 0.3 is 12.0 Å². The van der Waals surface area contributed by atoms with Gasteiger partial charge in [-0.1, -0.05) is 31.5 Å². The van der Waals surface area contributed by atoms with Crippen molar-refractivity contribution >= 4 is 23.6 Å². The third-order valence-electron chi connectivity index (χ3n) is 3.48. The second-order valence-corrected chi connectivity index (χ2v) is 5.57. The van der Waals surface area contributed by atoms with Crippen molar-refractivity contribution in [3.63, 3.8) is 0 Å². The Hall–Kier alpha value is -1.23. The Labute approximate surface area is 118 Å². The number of urea groups is 1. The number of nitrogens with zero attached hydrogens (tertiary/aromatic N) is 1. The highest BCUT2D eigenvalue weighted by Gasteiger charge is 2.42. The molecule has 0 aliphatic carbocycles. The minimum atomic E-state index is -0.811. The molecular formula is C13H21ClN2O3. The number of halogens is 1. The molecule has 1 atom stereocenters. The summed E-state index contributed by atoms with van der Waals surface area (Å²) in [5.41, 5.74) is -0.803. The number of hydrogen-bond acceptors (Lipinski definition) is 2. The first-order chi connectivity index (χ1) is 8.91. The number of carboxylic acids is 1. The summed E-state index contributed by atoms with van der Waals surface area (Å²) in [4.78, 5) is 25.0. The lowest BCUT2D eigenvalue weighted by Gasteiger charge is -2.39. The average molecular weight is 289 g/mol. The van der Waals surface area contributed by atoms with E-state index in [9.17, 15) is 14.7 Å². The third kappa shape index (κ3) is 4.13. The molecule has 0 saturated carbocycles. The zero-order valence-corrected chi connectivity index (χ0v) is 12.0. The lowest BCUT2D eigenvalue weighted by Crippen LogP contribution is -2.52. The average Bonchev–Trinajstić information content (AvgIpc) is 2.36. The Morgan fingerprint density at radius 3 is 2.74 bits per heavy atom. The molecule has 0 bridgehead atoms. The molecule has 1 aliphatic heterocycles. The standard InChI is InChI=1S/C13H21ClN2O3/c1-3-5-13(11(17)18)6-4-7-16(9-13)12(19)15-8-10(2)14/h2-9H2,1H3,(H,15,19)(H,17,18). The van der Waals surface area contributed by atoms with Gasteiger partial charge in [0.25, 0.3) is 0 Å². The fourth-order valence-corrected chi connectivity index (χ4v) is 2.62. The lowest BCUT2D eigenvalue weighted by molar-refractivity contribution is -0.152. The van der Waals surface area contributed by atoms with Crippen molar-refractivity contribution in [3.05, 3.63) is 11.6 Å². The predicted octanol–water partition coefficient (Wildman–Crippen LogP) is 2.42. The van der Waals surface area contributed by atoms with E-state index < -0.39 is 11.4 Å². The van der Waals surface area contributed by atoms with Crippen molar-refractivity contribution in [2.75, 3.05) is 19.6 Å². The zero-order valence-electron chi connectivity index (χ0n) is 11.2. The number of amides is 2. The van der Waals surface area contributed by atoms with Gasteiger partial charge in [-0.3, -0.25) is 4.79 Å². The van der Waals surface area contributed by atoms with Crippen LogP contribution in [0.25, 0.3) is 0 Å². The molecule has 6 heteroatoms. The van der Waals surface area contributed by atoms with Crippen LogP contribution >= 0.6 is 11.6 Å². The molecule has 0 aromatic heterocycles. The Balaban J connectivity index is 2.69. The van der Waals surface area contributed by atoms with Crippen molar-refractivity contribution in [3.8, 4) is 0 Å². The Bertz CT molecular complexity index is 369. The maximum atomic E-state index is 11.9. The van der Waals surface area contributed by atoms with E-state index in [-0.39, 0.29) is 19.1 Å². The van der Waals surface area contributed by atoms with Crippen LogP contribution in [0, 0.1) is 5.41 Å². The molecular weight excluding hydrogens is 268 g/mol. The number of aliphatic carboxylic acids is 1. The highest BCUT2D eigenvalue weighted by atomic mass is 35.5. The summed E-state index contributed by atoms with van der Waals surface area (Å²) in [5, 5.41) is 12.4. The SMILES string of the molecule is C=C(Cl)CNC(=O)N1CCCC(CCC)(C(=O)O)C1. The van der Waals surface area contributed by atoms with Crippen LogP contribution in [-0.2, 0) is 4.79 Å². The maximum Gasteiger partial charge on any atom is 0.317 e. The number of piperidine rings is 1. The second-order valence-electron chi connectivity index (χ2n) is 5.04. The monoisotopic (exact) mass is 288 g/mol. The molecule has 5 nitrogen and oxygen atoms in total. The molecule has 0 aromatic carbocycles. The molecule has 1 aliphatic rings. The largest absolute Gasteiger partial charge is 0.481 e. The number of carbonyl (C=O) groups is 2. The van der Waals surface area contributed by atoms with Crippen LogP contribution in [0.4, 0.5) is 4.79 Å². The molecule has 0 spiro atoms. The number of hydrogen-bond donors (Lipinski definition) is 2. The third-order valence-corrected chi connectivity index (χ3v) is 3.61. The highest BCUT2D eigenvalue weighted by Crippen LogP contribution is 2.35. The number of nitrogens with one attached hydrogen (secondary N) is 1. The highest BCUT2D eigenvalue weighted by molar-refractivity contribution is 6.29. The zero-order chi connectivity index (χ0) is 14.5. The van der Waals surface area contributed by atoms with Gasteiger partial charge in [0.1, 0.15) is 0 Å². The quantitative estimate of drug-likeness (QED) is 0.816. The first kappa shape index (κ1) is 15.8. The van der Waals surface area contributed by atoms with Crippen molar-refractivity contribution in [2.45, 2.75) is 32.6 Å². The summed E-state index contributed by atoms with van der Waals surface area (Å²) in [6.07, 6.45) is 2.72. The summed E-state index contributed by atoms with van der Waals surface area (Å²) in [6.45, 7) is 6.50. The fraction of sp³-hybridized carbons (Fsp3) is 0.692. The summed E-state index contributed by atoms with van der Waals surface area (Å²) in [7, 11) is 0. The lowest BCUT2D eigenvalue weighted by atomic mass is 9.76. The van der Waals surface area contributed by atoms with Crippen LogP contribution in [0.2, 0.25) is 0 Å². The van der Waals surface area contributed by atoms with E-state index in [1.54, 1.807) is 4.90 Å². The second kappa shape index (κ2) is 6.80.